The summed E-state index contributed by atoms with van der Waals surface area (Å²) in [6, 6.07) is 0. The molecule has 18 nitrogen and oxygen atoms in total. The molecule has 0 aromatic rings. The molecule has 1 N–H and O–H groups in total. The average Bonchev–Trinajstić information content (AvgIpc) is 3.50. The zero-order valence-corrected chi connectivity index (χ0v) is 57.4. The quantitative estimate of drug-likeness (QED) is 0.0260. The van der Waals surface area contributed by atoms with Crippen LogP contribution in [0, 0.1) is 0 Å². The van der Waals surface area contributed by atoms with Crippen molar-refractivity contribution >= 4 is 19.8 Å². The van der Waals surface area contributed by atoms with E-state index < -0.39 is 26.5 Å². The maximum absolute atomic E-state index is 12.6. The lowest BCUT2D eigenvalue weighted by Gasteiger charge is -2.28. The van der Waals surface area contributed by atoms with E-state index in [4.69, 9.17) is 61.5 Å². The molecule has 516 valence electrons. The fraction of sp³-hybridized carbons (Fsp3) is 0.970. The van der Waals surface area contributed by atoms with Crippen LogP contribution in [0.4, 0.5) is 0 Å². The topological polar surface area (TPSA) is 205 Å². The summed E-state index contributed by atoms with van der Waals surface area (Å²) in [7, 11) is 1.18. The van der Waals surface area contributed by atoms with Gasteiger partial charge in [0.15, 0.2) is 6.10 Å². The second-order valence-electron chi connectivity index (χ2n) is 23.8. The number of ether oxygens (including phenoxy) is 10. The third kappa shape index (κ3) is 76.9. The van der Waals surface area contributed by atoms with Crippen molar-refractivity contribution in [3.63, 3.8) is 0 Å². The first kappa shape index (κ1) is 86.7. The summed E-state index contributed by atoms with van der Waals surface area (Å²) in [5.74, 6) is -0.829. The first-order valence-electron chi connectivity index (χ1n) is 34.9. The van der Waals surface area contributed by atoms with Crippen LogP contribution in [0.2, 0.25) is 0 Å². The van der Waals surface area contributed by atoms with Gasteiger partial charge in [-0.1, -0.05) is 226 Å². The summed E-state index contributed by atoms with van der Waals surface area (Å²) in [6.45, 7) is 15.4. The molecule has 0 aliphatic carbocycles. The van der Waals surface area contributed by atoms with Gasteiger partial charge in [0.05, 0.1) is 133 Å². The molecule has 0 aromatic heterocycles. The standard InChI is InChI=1S/C36H72NO8P.C31H64O9/c1-6-8-10-12-14-16-18-20-22-24-26-28-35(38)42-32-34(33-44-46(40,41)43-31-30-37(3,4)5)45-36(39)29-27-25-23-21-19-17-15-13-11-9-7-2;1-2-3-4-5-6-7-8-9-10-11-12-13-14-16-33-18-20-35-22-24-37-26-28-39-30-31-40-29-27-38-25-23-36-21-19-34-17-15-32/h34H,6-33H2,1-5H3;32H,2-31H2,1H3. The van der Waals surface area contributed by atoms with Crippen LogP contribution in [-0.2, 0) is 70.6 Å². The number of esters is 2. The Hall–Kier alpha value is -1.35. The number of quaternary nitrogens is 1. The zero-order chi connectivity index (χ0) is 63.2. The Morgan fingerprint density at radius 2 is 0.640 bits per heavy atom. The lowest BCUT2D eigenvalue weighted by atomic mass is 10.0. The van der Waals surface area contributed by atoms with Gasteiger partial charge in [-0.25, -0.2) is 0 Å². The molecule has 0 saturated carbocycles. The maximum atomic E-state index is 12.6. The normalized spacial score (nSPS) is 12.7. The molecule has 0 radical (unpaired) electrons. The number of aliphatic hydroxyl groups is 1. The highest BCUT2D eigenvalue weighted by molar-refractivity contribution is 7.45. The molecule has 0 aliphatic heterocycles. The molecule has 2 unspecified atom stereocenters. The highest BCUT2D eigenvalue weighted by Gasteiger charge is 2.22. The van der Waals surface area contributed by atoms with Crippen molar-refractivity contribution in [3.8, 4) is 0 Å². The van der Waals surface area contributed by atoms with Crippen LogP contribution in [0.5, 0.6) is 0 Å². The number of nitrogens with zero attached hydrogens (tertiary/aromatic N) is 1. The molecular formula is C67H136NO17P. The number of hydrogen-bond donors (Lipinski definition) is 1. The predicted octanol–water partition coefficient (Wildman–Crippen LogP) is 14.3. The average molecular weight is 1260 g/mol. The SMILES string of the molecule is CCCCCCCCCCCCCC(=O)OCC(COP(=O)([O-])OCC[N+](C)(C)C)OC(=O)CCCCCCCCCCCCC.CCCCCCCCCCCCCCCOCCOCCOCCOCCOCCOCCOCCOCCO. The van der Waals surface area contributed by atoms with Crippen molar-refractivity contribution in [1.82, 2.24) is 0 Å². The van der Waals surface area contributed by atoms with Gasteiger partial charge in [0, 0.05) is 19.4 Å². The number of phosphoric acid groups is 1. The van der Waals surface area contributed by atoms with Gasteiger partial charge < -0.3 is 70.9 Å². The molecule has 86 heavy (non-hydrogen) atoms. The zero-order valence-electron chi connectivity index (χ0n) is 56.5. The fourth-order valence-electron chi connectivity index (χ4n) is 9.05. The van der Waals surface area contributed by atoms with E-state index in [1.165, 1.54) is 180 Å². The Kier molecular flexibility index (Phi) is 71.7. The van der Waals surface area contributed by atoms with Gasteiger partial charge in [-0.3, -0.25) is 14.2 Å². The number of carbonyl (C=O) groups excluding carboxylic acids is 2. The molecule has 0 aromatic carbocycles. The van der Waals surface area contributed by atoms with Gasteiger partial charge in [-0.2, -0.15) is 0 Å². The molecule has 2 atom stereocenters. The fourth-order valence-corrected chi connectivity index (χ4v) is 9.78. The highest BCUT2D eigenvalue weighted by atomic mass is 31.2. The van der Waals surface area contributed by atoms with Crippen molar-refractivity contribution < 1.29 is 85.1 Å². The molecule has 0 aliphatic rings. The van der Waals surface area contributed by atoms with E-state index in [9.17, 15) is 19.0 Å². The van der Waals surface area contributed by atoms with E-state index in [0.29, 0.717) is 117 Å². The first-order chi connectivity index (χ1) is 41.9. The lowest BCUT2D eigenvalue weighted by Crippen LogP contribution is -2.37. The molecule has 0 saturated heterocycles. The number of carbonyl (C=O) groups is 2. The number of aliphatic hydroxyl groups excluding tert-OH is 1. The van der Waals surface area contributed by atoms with E-state index in [1.54, 1.807) is 0 Å². The molecular weight excluding hydrogens is 1120 g/mol. The Bertz CT molecular complexity index is 1360. The number of unbranched alkanes of at least 4 members (excludes halogenated alkanes) is 32. The Balaban J connectivity index is 0. The molecule has 0 bridgehead atoms. The van der Waals surface area contributed by atoms with Gasteiger partial charge in [-0.15, -0.1) is 0 Å². The summed E-state index contributed by atoms with van der Waals surface area (Å²) in [5, 5.41) is 8.57. The number of likely N-dealkylation sites (N-methyl/N-ethyl adjacent to an activating group) is 1. The van der Waals surface area contributed by atoms with E-state index >= 15 is 0 Å². The third-order valence-electron chi connectivity index (χ3n) is 14.4. The van der Waals surface area contributed by atoms with Crippen molar-refractivity contribution in [3.05, 3.63) is 0 Å². The van der Waals surface area contributed by atoms with Crippen molar-refractivity contribution in [2.75, 3.05) is 160 Å². The molecule has 0 fully saturated rings. The van der Waals surface area contributed by atoms with Crippen LogP contribution in [-0.4, -0.2) is 187 Å². The van der Waals surface area contributed by atoms with Crippen LogP contribution in [0.15, 0.2) is 0 Å². The number of phosphoric ester groups is 1. The minimum Gasteiger partial charge on any atom is -0.756 e. The highest BCUT2D eigenvalue weighted by Crippen LogP contribution is 2.38. The minimum atomic E-state index is -4.60. The molecule has 0 amide bonds. The number of rotatable bonds is 71. The van der Waals surface area contributed by atoms with Gasteiger partial charge in [0.2, 0.25) is 0 Å². The second kappa shape index (κ2) is 71.1. The molecule has 0 heterocycles. The van der Waals surface area contributed by atoms with E-state index in [2.05, 4.69) is 20.8 Å². The van der Waals surface area contributed by atoms with Crippen LogP contribution in [0.25, 0.3) is 0 Å². The summed E-state index contributed by atoms with van der Waals surface area (Å²) < 4.78 is 77.1. The van der Waals surface area contributed by atoms with E-state index in [-0.39, 0.29) is 38.6 Å². The van der Waals surface area contributed by atoms with E-state index in [1.807, 2.05) is 21.1 Å². The Morgan fingerprint density at radius 3 is 0.953 bits per heavy atom. The van der Waals surface area contributed by atoms with E-state index in [0.717, 1.165) is 45.1 Å². The van der Waals surface area contributed by atoms with Crippen LogP contribution in [0.3, 0.4) is 0 Å². The Morgan fingerprint density at radius 1 is 0.360 bits per heavy atom. The second-order valence-corrected chi connectivity index (χ2v) is 25.2. The third-order valence-corrected chi connectivity index (χ3v) is 15.3. The van der Waals surface area contributed by atoms with Crippen LogP contribution < -0.4 is 4.89 Å². The van der Waals surface area contributed by atoms with Gasteiger partial charge in [-0.05, 0) is 19.3 Å². The van der Waals surface area contributed by atoms with Gasteiger partial charge >= 0.3 is 11.9 Å². The van der Waals surface area contributed by atoms with Gasteiger partial charge in [0.25, 0.3) is 7.82 Å². The van der Waals surface area contributed by atoms with Crippen LogP contribution in [0.1, 0.15) is 258 Å². The van der Waals surface area contributed by atoms with Crippen molar-refractivity contribution in [2.24, 2.45) is 0 Å². The maximum Gasteiger partial charge on any atom is 0.306 e. The summed E-state index contributed by atoms with van der Waals surface area (Å²) >= 11 is 0. The number of hydrogen-bond acceptors (Lipinski definition) is 17. The molecule has 0 rings (SSSR count). The predicted molar refractivity (Wildman–Crippen MR) is 345 cm³/mol. The summed E-state index contributed by atoms with van der Waals surface area (Å²) in [4.78, 5) is 37.2. The largest absolute Gasteiger partial charge is 0.756 e. The lowest BCUT2D eigenvalue weighted by molar-refractivity contribution is -0.870. The van der Waals surface area contributed by atoms with Crippen molar-refractivity contribution in [1.29, 1.82) is 0 Å². The smallest absolute Gasteiger partial charge is 0.306 e. The van der Waals surface area contributed by atoms with Gasteiger partial charge in [0.1, 0.15) is 19.8 Å². The Labute approximate surface area is 527 Å². The summed E-state index contributed by atoms with van der Waals surface area (Å²) in [6.07, 6.45) is 43.4. The minimum absolute atomic E-state index is 0.0263. The summed E-state index contributed by atoms with van der Waals surface area (Å²) in [5.41, 5.74) is 0. The van der Waals surface area contributed by atoms with Crippen LogP contribution >= 0.6 is 7.82 Å². The molecule has 19 heteroatoms. The van der Waals surface area contributed by atoms with Crippen molar-refractivity contribution in [2.45, 2.75) is 264 Å². The monoisotopic (exact) mass is 1260 g/mol. The molecule has 0 spiro atoms. The first-order valence-corrected chi connectivity index (χ1v) is 36.3.